The van der Waals surface area contributed by atoms with Crippen LogP contribution in [0.3, 0.4) is 0 Å². The first-order chi connectivity index (χ1) is 14.2. The van der Waals surface area contributed by atoms with Crippen LogP contribution in [0.25, 0.3) is 11.3 Å². The van der Waals surface area contributed by atoms with Crippen molar-refractivity contribution in [3.63, 3.8) is 0 Å². The fourth-order valence-electron chi connectivity index (χ4n) is 2.94. The van der Waals surface area contributed by atoms with Gasteiger partial charge in [0.25, 0.3) is 5.91 Å². The van der Waals surface area contributed by atoms with Crippen molar-refractivity contribution in [2.75, 3.05) is 11.4 Å². The minimum atomic E-state index is -0.192. The van der Waals surface area contributed by atoms with E-state index in [2.05, 4.69) is 22.1 Å². The molecule has 0 radical (unpaired) electrons. The van der Waals surface area contributed by atoms with Crippen LogP contribution < -0.4 is 4.90 Å². The monoisotopic (exact) mass is 400 g/mol. The molecule has 2 heterocycles. The van der Waals surface area contributed by atoms with E-state index in [1.54, 1.807) is 11.1 Å². The van der Waals surface area contributed by atoms with Crippen LogP contribution in [0, 0.1) is 6.92 Å². The lowest BCUT2D eigenvalue weighted by atomic mass is 10.1. The summed E-state index contributed by atoms with van der Waals surface area (Å²) in [7, 11) is 0. The van der Waals surface area contributed by atoms with Gasteiger partial charge in [-0.1, -0.05) is 60.7 Å². The van der Waals surface area contributed by atoms with E-state index >= 15 is 0 Å². The van der Waals surface area contributed by atoms with Gasteiger partial charge in [0.05, 0.1) is 17.6 Å². The molecular weight excluding hydrogens is 380 g/mol. The van der Waals surface area contributed by atoms with E-state index in [-0.39, 0.29) is 5.91 Å². The Hall–Kier alpha value is -3.38. The number of carbonyl (C=O) groups is 1. The highest BCUT2D eigenvalue weighted by atomic mass is 32.1. The number of nitrogens with zero attached hydrogens (tertiary/aromatic N) is 4. The van der Waals surface area contributed by atoms with Crippen LogP contribution in [0.2, 0.25) is 0 Å². The highest BCUT2D eigenvalue weighted by Gasteiger charge is 2.22. The zero-order valence-electron chi connectivity index (χ0n) is 16.0. The van der Waals surface area contributed by atoms with Crippen LogP contribution in [-0.4, -0.2) is 27.4 Å². The first-order valence-corrected chi connectivity index (χ1v) is 10.2. The van der Waals surface area contributed by atoms with Gasteiger partial charge in [-0.25, -0.2) is 9.97 Å². The molecule has 0 aliphatic heterocycles. The van der Waals surface area contributed by atoms with Crippen molar-refractivity contribution in [1.82, 2.24) is 15.0 Å². The van der Waals surface area contributed by atoms with Crippen LogP contribution in [0.5, 0.6) is 0 Å². The summed E-state index contributed by atoms with van der Waals surface area (Å²) < 4.78 is 0. The van der Waals surface area contributed by atoms with E-state index < -0.39 is 0 Å². The number of hydrogen-bond acceptors (Lipinski definition) is 5. The van der Waals surface area contributed by atoms with Gasteiger partial charge < -0.3 is 0 Å². The smallest absolute Gasteiger partial charge is 0.280 e. The molecule has 4 rings (SSSR count). The van der Waals surface area contributed by atoms with Crippen LogP contribution in [0.1, 0.15) is 21.7 Å². The van der Waals surface area contributed by atoms with Gasteiger partial charge in [0, 0.05) is 23.7 Å². The lowest BCUT2D eigenvalue weighted by Crippen LogP contribution is -2.33. The van der Waals surface area contributed by atoms with E-state index in [4.69, 9.17) is 4.98 Å². The molecule has 0 saturated carbocycles. The van der Waals surface area contributed by atoms with Gasteiger partial charge in [-0.05, 0) is 18.9 Å². The molecule has 1 amide bonds. The van der Waals surface area contributed by atoms with Crippen molar-refractivity contribution in [3.8, 4) is 11.3 Å². The number of anilines is 1. The fraction of sp³-hybridized carbons (Fsp3) is 0.130. The number of amides is 1. The van der Waals surface area contributed by atoms with Gasteiger partial charge in [0.1, 0.15) is 5.69 Å². The Morgan fingerprint density at radius 1 is 0.966 bits per heavy atom. The molecule has 0 unspecified atom stereocenters. The summed E-state index contributed by atoms with van der Waals surface area (Å²) in [6.45, 7) is 2.36. The molecule has 0 bridgehead atoms. The second-order valence-corrected chi connectivity index (χ2v) is 7.45. The van der Waals surface area contributed by atoms with E-state index in [0.29, 0.717) is 17.4 Å². The predicted octanol–water partition coefficient (Wildman–Crippen LogP) is 4.80. The Balaban J connectivity index is 1.63. The van der Waals surface area contributed by atoms with Gasteiger partial charge in [-0.15, -0.1) is 11.3 Å². The van der Waals surface area contributed by atoms with Crippen molar-refractivity contribution in [2.24, 2.45) is 0 Å². The number of aromatic nitrogens is 3. The number of aryl methyl sites for hydroxylation is 1. The molecule has 0 spiro atoms. The molecule has 0 N–H and O–H groups in total. The highest BCUT2D eigenvalue weighted by Crippen LogP contribution is 2.28. The van der Waals surface area contributed by atoms with Gasteiger partial charge in [-0.2, -0.15) is 0 Å². The lowest BCUT2D eigenvalue weighted by Gasteiger charge is -2.19. The largest absolute Gasteiger partial charge is 0.282 e. The van der Waals surface area contributed by atoms with Gasteiger partial charge in [0.15, 0.2) is 5.13 Å². The molecule has 144 valence electrons. The molecule has 2 aromatic heterocycles. The van der Waals surface area contributed by atoms with Crippen LogP contribution in [0.15, 0.2) is 78.4 Å². The summed E-state index contributed by atoms with van der Waals surface area (Å²) in [4.78, 5) is 28.1. The molecule has 0 saturated heterocycles. The van der Waals surface area contributed by atoms with Crippen LogP contribution in [0.4, 0.5) is 5.13 Å². The maximum atomic E-state index is 13.2. The minimum Gasteiger partial charge on any atom is -0.282 e. The third kappa shape index (κ3) is 4.55. The summed E-state index contributed by atoms with van der Waals surface area (Å²) in [5.41, 5.74) is 4.15. The Morgan fingerprint density at radius 2 is 1.69 bits per heavy atom. The minimum absolute atomic E-state index is 0.192. The first kappa shape index (κ1) is 19.0. The first-order valence-electron chi connectivity index (χ1n) is 9.36. The molecule has 0 aliphatic rings. The lowest BCUT2D eigenvalue weighted by molar-refractivity contribution is 0.0982. The molecule has 0 aliphatic carbocycles. The van der Waals surface area contributed by atoms with Crippen molar-refractivity contribution >= 4 is 22.4 Å². The zero-order valence-corrected chi connectivity index (χ0v) is 16.8. The summed E-state index contributed by atoms with van der Waals surface area (Å²) >= 11 is 1.46. The summed E-state index contributed by atoms with van der Waals surface area (Å²) in [6, 6.07) is 20.1. The second-order valence-electron chi connectivity index (χ2n) is 6.62. The number of carbonyl (C=O) groups excluding carboxylic acids is 1. The third-order valence-corrected chi connectivity index (χ3v) is 5.37. The van der Waals surface area contributed by atoms with Crippen molar-refractivity contribution < 1.29 is 4.79 Å². The standard InChI is InChI=1S/C23H20N4OS/c1-17-14-25-20(15-24-17)22(28)27(13-12-18-8-4-2-5-9-18)23-26-21(16-29-23)19-10-6-3-7-11-19/h2-11,14-16H,12-13H2,1H3. The normalized spacial score (nSPS) is 10.7. The van der Waals surface area contributed by atoms with Crippen molar-refractivity contribution in [2.45, 2.75) is 13.3 Å². The Labute approximate surface area is 173 Å². The van der Waals surface area contributed by atoms with Crippen molar-refractivity contribution in [1.29, 1.82) is 0 Å². The van der Waals surface area contributed by atoms with E-state index in [0.717, 1.165) is 23.4 Å². The van der Waals surface area contributed by atoms with E-state index in [9.17, 15) is 4.79 Å². The van der Waals surface area contributed by atoms with Gasteiger partial charge in [0.2, 0.25) is 0 Å². The quantitative estimate of drug-likeness (QED) is 0.467. The molecule has 4 aromatic rings. The molecule has 6 heteroatoms. The summed E-state index contributed by atoms with van der Waals surface area (Å²) in [5, 5.41) is 2.64. The molecular formula is C23H20N4OS. The van der Waals surface area contributed by atoms with E-state index in [1.807, 2.05) is 60.8 Å². The van der Waals surface area contributed by atoms with Crippen molar-refractivity contribution in [3.05, 3.63) is 95.4 Å². The maximum Gasteiger partial charge on any atom is 0.280 e. The molecule has 5 nitrogen and oxygen atoms in total. The topological polar surface area (TPSA) is 59.0 Å². The number of benzene rings is 2. The Morgan fingerprint density at radius 3 is 2.38 bits per heavy atom. The SMILES string of the molecule is Cc1cnc(C(=O)N(CCc2ccccc2)c2nc(-c3ccccc3)cs2)cn1. The average Bonchev–Trinajstić information content (AvgIpc) is 3.26. The predicted molar refractivity (Wildman–Crippen MR) is 116 cm³/mol. The summed E-state index contributed by atoms with van der Waals surface area (Å²) in [6.07, 6.45) is 3.87. The van der Waals surface area contributed by atoms with Gasteiger partial charge in [-0.3, -0.25) is 14.7 Å². The molecule has 0 fully saturated rings. The Bertz CT molecular complexity index is 1080. The fourth-order valence-corrected chi connectivity index (χ4v) is 3.80. The highest BCUT2D eigenvalue weighted by molar-refractivity contribution is 7.14. The van der Waals surface area contributed by atoms with Crippen LogP contribution >= 0.6 is 11.3 Å². The molecule has 29 heavy (non-hydrogen) atoms. The van der Waals surface area contributed by atoms with E-state index in [1.165, 1.54) is 23.1 Å². The average molecular weight is 401 g/mol. The van der Waals surface area contributed by atoms with Gasteiger partial charge >= 0.3 is 0 Å². The molecule has 0 atom stereocenters. The molecule has 2 aromatic carbocycles. The number of thiazole rings is 1. The summed E-state index contributed by atoms with van der Waals surface area (Å²) in [5.74, 6) is -0.192. The number of hydrogen-bond donors (Lipinski definition) is 0. The third-order valence-electron chi connectivity index (χ3n) is 4.50. The Kier molecular flexibility index (Phi) is 5.72. The maximum absolute atomic E-state index is 13.2. The zero-order chi connectivity index (χ0) is 20.1. The second kappa shape index (κ2) is 8.75. The van der Waals surface area contributed by atoms with Crippen LogP contribution in [-0.2, 0) is 6.42 Å². The number of rotatable bonds is 6.